The van der Waals surface area contributed by atoms with Gasteiger partial charge in [0.15, 0.2) is 0 Å². The molecule has 0 aliphatic carbocycles. The molecule has 5 rings (SSSR count). The average molecular weight is 450 g/mol. The Labute approximate surface area is 195 Å². The van der Waals surface area contributed by atoms with Crippen molar-refractivity contribution in [1.29, 1.82) is 0 Å². The molecule has 7 heteroatoms. The van der Waals surface area contributed by atoms with Crippen LogP contribution in [-0.4, -0.2) is 30.2 Å². The number of hydrogen-bond donors (Lipinski definition) is 1. The zero-order chi connectivity index (χ0) is 24.1. The van der Waals surface area contributed by atoms with Crippen LogP contribution in [0.25, 0.3) is 49.8 Å². The number of carboxylic acid groups (broad SMARTS) is 1. The van der Waals surface area contributed by atoms with E-state index in [9.17, 15) is 9.59 Å². The van der Waals surface area contributed by atoms with E-state index in [1.165, 1.54) is 12.3 Å². The van der Waals surface area contributed by atoms with E-state index in [0.29, 0.717) is 5.69 Å². The molecule has 0 atom stereocenters. The van der Waals surface area contributed by atoms with E-state index in [4.69, 9.17) is 5.11 Å². The molecule has 0 aliphatic rings. The van der Waals surface area contributed by atoms with Crippen LogP contribution in [0, 0.1) is 0 Å². The van der Waals surface area contributed by atoms with E-state index >= 15 is 0 Å². The summed E-state index contributed by atoms with van der Waals surface area (Å²) in [5, 5.41) is 11.0. The number of aromatic carboxylic acids is 1. The second-order valence-corrected chi connectivity index (χ2v) is 8.41. The van der Waals surface area contributed by atoms with Crippen LogP contribution in [0.4, 0.5) is 0 Å². The molecule has 0 unspecified atom stereocenters. The normalized spacial score (nSPS) is 11.3. The van der Waals surface area contributed by atoms with Gasteiger partial charge in [-0.3, -0.25) is 14.1 Å². The van der Waals surface area contributed by atoms with Crippen molar-refractivity contribution in [3.63, 3.8) is 0 Å². The van der Waals surface area contributed by atoms with E-state index in [-0.39, 0.29) is 11.4 Å². The molecule has 2 aromatic carbocycles. The first-order valence-corrected chi connectivity index (χ1v) is 10.7. The van der Waals surface area contributed by atoms with Gasteiger partial charge in [0.1, 0.15) is 5.69 Å². The number of carboxylic acids is 1. The predicted octanol–water partition coefficient (Wildman–Crippen LogP) is 4.89. The molecule has 1 N–H and O–H groups in total. The molecule has 0 amide bonds. The van der Waals surface area contributed by atoms with Crippen molar-refractivity contribution in [1.82, 2.24) is 19.1 Å². The van der Waals surface area contributed by atoms with Crippen molar-refractivity contribution in [3.8, 4) is 22.4 Å². The molecule has 5 aromatic rings. The fraction of sp³-hybridized carbons (Fsp3) is 0.111. The monoisotopic (exact) mass is 450 g/mol. The molecule has 0 aliphatic heterocycles. The Balaban J connectivity index is 1.69. The third-order valence-electron chi connectivity index (χ3n) is 6.17. The summed E-state index contributed by atoms with van der Waals surface area (Å²) >= 11 is 0. The van der Waals surface area contributed by atoms with Gasteiger partial charge in [0, 0.05) is 43.0 Å². The second-order valence-electron chi connectivity index (χ2n) is 8.41. The maximum atomic E-state index is 12.6. The van der Waals surface area contributed by atoms with Crippen LogP contribution >= 0.6 is 0 Å². The summed E-state index contributed by atoms with van der Waals surface area (Å²) in [4.78, 5) is 32.3. The van der Waals surface area contributed by atoms with Gasteiger partial charge in [0.05, 0.1) is 16.7 Å². The fourth-order valence-corrected chi connectivity index (χ4v) is 4.38. The molecule has 0 fully saturated rings. The Morgan fingerprint density at radius 1 is 0.971 bits per heavy atom. The lowest BCUT2D eigenvalue weighted by molar-refractivity contribution is 0.0690. The molecule has 3 aromatic heterocycles. The van der Waals surface area contributed by atoms with E-state index in [1.54, 1.807) is 29.3 Å². The van der Waals surface area contributed by atoms with Crippen LogP contribution in [0.1, 0.15) is 23.0 Å². The summed E-state index contributed by atoms with van der Waals surface area (Å²) in [7, 11) is 3.55. The first-order chi connectivity index (χ1) is 16.3. The molecule has 0 radical (unpaired) electrons. The van der Waals surface area contributed by atoms with Gasteiger partial charge >= 0.3 is 11.7 Å². The number of imidazole rings is 1. The van der Waals surface area contributed by atoms with E-state index in [1.807, 2.05) is 43.5 Å². The van der Waals surface area contributed by atoms with Crippen molar-refractivity contribution in [3.05, 3.63) is 89.2 Å². The maximum absolute atomic E-state index is 12.6. The SMILES string of the molecule is C=C(C)c1cc(-c2cccc3cc(-c4ccc(C(=O)O)nc4)ncc23)cc2c1n(C)c(=O)n2C. The van der Waals surface area contributed by atoms with Crippen molar-refractivity contribution in [2.75, 3.05) is 0 Å². The van der Waals surface area contributed by atoms with Gasteiger partial charge in [-0.2, -0.15) is 0 Å². The number of pyridine rings is 2. The molecule has 7 nitrogen and oxygen atoms in total. The van der Waals surface area contributed by atoms with Gasteiger partial charge in [-0.25, -0.2) is 14.6 Å². The number of benzene rings is 2. The zero-order valence-electron chi connectivity index (χ0n) is 19.0. The Bertz CT molecular complexity index is 1690. The minimum Gasteiger partial charge on any atom is -0.477 e. The minimum atomic E-state index is -1.07. The summed E-state index contributed by atoms with van der Waals surface area (Å²) in [6.07, 6.45) is 3.34. The number of nitrogens with zero attached hydrogens (tertiary/aromatic N) is 4. The lowest BCUT2D eigenvalue weighted by Crippen LogP contribution is -2.19. The largest absolute Gasteiger partial charge is 0.477 e. The van der Waals surface area contributed by atoms with E-state index in [0.717, 1.165) is 49.6 Å². The average Bonchev–Trinajstić information content (AvgIpc) is 3.06. The number of allylic oxidation sites excluding steroid dienone is 1. The first-order valence-electron chi connectivity index (χ1n) is 10.7. The number of carbonyl (C=O) groups is 1. The standard InChI is InChI=1S/C27H22N4O3/c1-15(2)20-10-18(12-24-25(20)31(4)27(34)30(24)3)19-7-5-6-16-11-23(29-14-21(16)19)17-8-9-22(26(32)33)28-13-17/h5-14H,1H2,2-4H3,(H,32,33). The highest BCUT2D eigenvalue weighted by Crippen LogP contribution is 2.35. The highest BCUT2D eigenvalue weighted by Gasteiger charge is 2.16. The van der Waals surface area contributed by atoms with Crippen molar-refractivity contribution < 1.29 is 9.90 Å². The van der Waals surface area contributed by atoms with Crippen molar-refractivity contribution in [2.24, 2.45) is 14.1 Å². The summed E-state index contributed by atoms with van der Waals surface area (Å²) in [5.41, 5.74) is 6.84. The number of fused-ring (bicyclic) bond motifs is 2. The summed E-state index contributed by atoms with van der Waals surface area (Å²) < 4.78 is 3.31. The van der Waals surface area contributed by atoms with E-state index in [2.05, 4.69) is 22.6 Å². The molecule has 0 saturated carbocycles. The molecule has 34 heavy (non-hydrogen) atoms. The summed E-state index contributed by atoms with van der Waals surface area (Å²) in [5.74, 6) is -1.07. The third-order valence-corrected chi connectivity index (χ3v) is 6.17. The lowest BCUT2D eigenvalue weighted by Gasteiger charge is -2.12. The summed E-state index contributed by atoms with van der Waals surface area (Å²) in [6.45, 7) is 6.08. The van der Waals surface area contributed by atoms with Gasteiger partial charge in [0.25, 0.3) is 0 Å². The Morgan fingerprint density at radius 3 is 2.44 bits per heavy atom. The van der Waals surface area contributed by atoms with E-state index < -0.39 is 5.97 Å². The molecular weight excluding hydrogens is 428 g/mol. The van der Waals surface area contributed by atoms with Gasteiger partial charge in [-0.1, -0.05) is 24.8 Å². The number of hydrogen-bond acceptors (Lipinski definition) is 4. The molecule has 0 saturated heterocycles. The molecular formula is C27H22N4O3. The predicted molar refractivity (Wildman–Crippen MR) is 134 cm³/mol. The summed E-state index contributed by atoms with van der Waals surface area (Å²) in [6, 6.07) is 15.3. The van der Waals surface area contributed by atoms with Gasteiger partial charge in [-0.05, 0) is 59.3 Å². The topological polar surface area (TPSA) is 90.0 Å². The van der Waals surface area contributed by atoms with Crippen molar-refractivity contribution >= 4 is 33.3 Å². The number of rotatable bonds is 4. The van der Waals surface area contributed by atoms with Crippen LogP contribution in [0.15, 0.2) is 72.3 Å². The Hall–Kier alpha value is -4.52. The smallest absolute Gasteiger partial charge is 0.354 e. The highest BCUT2D eigenvalue weighted by molar-refractivity contribution is 6.01. The number of aryl methyl sites for hydroxylation is 2. The minimum absolute atomic E-state index is 0.00848. The van der Waals surface area contributed by atoms with Crippen molar-refractivity contribution in [2.45, 2.75) is 6.92 Å². The molecule has 0 bridgehead atoms. The quantitative estimate of drug-likeness (QED) is 0.421. The van der Waals surface area contributed by atoms with Gasteiger partial charge < -0.3 is 5.11 Å². The molecule has 168 valence electrons. The van der Waals surface area contributed by atoms with Crippen LogP contribution in [0.2, 0.25) is 0 Å². The van der Waals surface area contributed by atoms with Crippen LogP contribution in [0.5, 0.6) is 0 Å². The lowest BCUT2D eigenvalue weighted by atomic mass is 9.95. The van der Waals surface area contributed by atoms with Gasteiger partial charge in [0.2, 0.25) is 0 Å². The highest BCUT2D eigenvalue weighted by atomic mass is 16.4. The first kappa shape index (κ1) is 21.3. The van der Waals surface area contributed by atoms with Crippen LogP contribution < -0.4 is 5.69 Å². The molecule has 0 spiro atoms. The maximum Gasteiger partial charge on any atom is 0.354 e. The van der Waals surface area contributed by atoms with Crippen LogP contribution in [0.3, 0.4) is 0 Å². The third kappa shape index (κ3) is 3.29. The number of aromatic nitrogens is 4. The Morgan fingerprint density at radius 2 is 1.76 bits per heavy atom. The second kappa shape index (κ2) is 7.81. The van der Waals surface area contributed by atoms with Gasteiger partial charge in [-0.15, -0.1) is 0 Å². The molecule has 3 heterocycles. The fourth-order valence-electron chi connectivity index (χ4n) is 4.38. The zero-order valence-corrected chi connectivity index (χ0v) is 19.0. The Kier molecular flexibility index (Phi) is 4.90. The van der Waals surface area contributed by atoms with Crippen LogP contribution in [-0.2, 0) is 14.1 Å².